The number of imidazole rings is 1. The van der Waals surface area contributed by atoms with Crippen molar-refractivity contribution < 1.29 is 4.39 Å². The Morgan fingerprint density at radius 2 is 2.32 bits per heavy atom. The van der Waals surface area contributed by atoms with Gasteiger partial charge in [-0.25, -0.2) is 9.37 Å². The lowest BCUT2D eigenvalue weighted by atomic mass is 10.1. The Morgan fingerprint density at radius 3 is 3.05 bits per heavy atom. The van der Waals surface area contributed by atoms with Gasteiger partial charge in [0.05, 0.1) is 0 Å². The van der Waals surface area contributed by atoms with Crippen LogP contribution < -0.4 is 5.32 Å². The summed E-state index contributed by atoms with van der Waals surface area (Å²) < 4.78 is 15.2. The smallest absolute Gasteiger partial charge is 0.204 e. The zero-order valence-corrected chi connectivity index (χ0v) is 10.6. The summed E-state index contributed by atoms with van der Waals surface area (Å²) in [6.45, 7) is 3.36. The summed E-state index contributed by atoms with van der Waals surface area (Å²) in [7, 11) is 0. The van der Waals surface area contributed by atoms with Crippen LogP contribution in [0, 0.1) is 24.1 Å². The summed E-state index contributed by atoms with van der Waals surface area (Å²) in [4.78, 5) is 4.47. The quantitative estimate of drug-likeness (QED) is 0.853. The second-order valence-electron chi connectivity index (χ2n) is 4.64. The zero-order chi connectivity index (χ0) is 13.4. The molecule has 0 aliphatic carbocycles. The minimum atomic E-state index is -0.246. The van der Waals surface area contributed by atoms with E-state index in [2.05, 4.69) is 16.4 Å². The molecule has 4 nitrogen and oxygen atoms in total. The van der Waals surface area contributed by atoms with E-state index in [1.54, 1.807) is 19.1 Å². The van der Waals surface area contributed by atoms with Gasteiger partial charge in [0.2, 0.25) is 5.95 Å². The van der Waals surface area contributed by atoms with Gasteiger partial charge in [-0.3, -0.25) is 0 Å². The fraction of sp³-hybridized carbons (Fsp3) is 0.286. The number of aryl methyl sites for hydroxylation is 1. The molecular formula is C14H13FN4. The van der Waals surface area contributed by atoms with Gasteiger partial charge in [-0.2, -0.15) is 5.26 Å². The summed E-state index contributed by atoms with van der Waals surface area (Å²) >= 11 is 0. The van der Waals surface area contributed by atoms with Crippen LogP contribution in [0.3, 0.4) is 0 Å². The van der Waals surface area contributed by atoms with E-state index in [4.69, 9.17) is 0 Å². The number of hydrogen-bond acceptors (Lipinski definition) is 3. The Bertz CT molecular complexity index is 681. The summed E-state index contributed by atoms with van der Waals surface area (Å²) in [6.07, 6.45) is 0.972. The van der Waals surface area contributed by atoms with Crippen LogP contribution >= 0.6 is 0 Å². The first-order valence-corrected chi connectivity index (χ1v) is 6.21. The van der Waals surface area contributed by atoms with Crippen molar-refractivity contribution in [2.45, 2.75) is 19.9 Å². The molecule has 0 amide bonds. The Hall–Kier alpha value is -2.35. The molecule has 0 saturated carbocycles. The maximum Gasteiger partial charge on any atom is 0.204 e. The highest BCUT2D eigenvalue weighted by molar-refractivity contribution is 5.68. The highest BCUT2D eigenvalue weighted by atomic mass is 19.1. The van der Waals surface area contributed by atoms with Crippen LogP contribution in [-0.2, 0) is 6.54 Å². The number of rotatable bonds is 1. The third-order valence-electron chi connectivity index (χ3n) is 3.35. The van der Waals surface area contributed by atoms with E-state index in [-0.39, 0.29) is 5.82 Å². The van der Waals surface area contributed by atoms with E-state index in [0.717, 1.165) is 31.0 Å². The van der Waals surface area contributed by atoms with Crippen LogP contribution in [0.1, 0.15) is 17.7 Å². The first-order chi connectivity index (χ1) is 9.20. The lowest BCUT2D eigenvalue weighted by Crippen LogP contribution is -2.18. The predicted molar refractivity (Wildman–Crippen MR) is 70.2 cm³/mol. The molecule has 0 bridgehead atoms. The Morgan fingerprint density at radius 1 is 1.47 bits per heavy atom. The van der Waals surface area contributed by atoms with E-state index in [0.29, 0.717) is 17.0 Å². The monoisotopic (exact) mass is 256 g/mol. The molecule has 0 radical (unpaired) electrons. The van der Waals surface area contributed by atoms with Gasteiger partial charge in [-0.1, -0.05) is 0 Å². The molecule has 0 fully saturated rings. The predicted octanol–water partition coefficient (Wildman–Crippen LogP) is 2.68. The fourth-order valence-corrected chi connectivity index (χ4v) is 2.35. The summed E-state index contributed by atoms with van der Waals surface area (Å²) in [5.74, 6) is 0.476. The van der Waals surface area contributed by atoms with Gasteiger partial charge in [0.1, 0.15) is 23.3 Å². The van der Waals surface area contributed by atoms with Crippen molar-refractivity contribution in [1.29, 1.82) is 5.26 Å². The largest absolute Gasteiger partial charge is 0.356 e. The molecule has 1 aromatic heterocycles. The molecule has 1 N–H and O–H groups in total. The lowest BCUT2D eigenvalue weighted by Gasteiger charge is -2.15. The average Bonchev–Trinajstić information content (AvgIpc) is 2.80. The normalized spacial score (nSPS) is 13.5. The third-order valence-corrected chi connectivity index (χ3v) is 3.35. The molecule has 0 unspecified atom stereocenters. The Labute approximate surface area is 110 Å². The van der Waals surface area contributed by atoms with Crippen LogP contribution in [0.5, 0.6) is 0 Å². The molecule has 2 heterocycles. The van der Waals surface area contributed by atoms with Crippen molar-refractivity contribution in [3.05, 3.63) is 35.3 Å². The molecule has 96 valence electrons. The molecule has 1 aliphatic rings. The van der Waals surface area contributed by atoms with Crippen LogP contribution in [0.4, 0.5) is 10.3 Å². The maximum atomic E-state index is 13.3. The van der Waals surface area contributed by atoms with Gasteiger partial charge in [-0.15, -0.1) is 0 Å². The SMILES string of the molecule is Cc1cc(-c2nc3n(c2C#N)CCCN3)ccc1F. The van der Waals surface area contributed by atoms with Gasteiger partial charge in [-0.05, 0) is 37.1 Å². The van der Waals surface area contributed by atoms with Gasteiger partial charge < -0.3 is 9.88 Å². The van der Waals surface area contributed by atoms with Crippen molar-refractivity contribution in [2.75, 3.05) is 11.9 Å². The molecular weight excluding hydrogens is 243 g/mol. The zero-order valence-electron chi connectivity index (χ0n) is 10.6. The Kier molecular flexibility index (Phi) is 2.71. The number of aromatic nitrogens is 2. The third kappa shape index (κ3) is 1.85. The van der Waals surface area contributed by atoms with E-state index in [1.165, 1.54) is 6.07 Å². The van der Waals surface area contributed by atoms with Crippen molar-refractivity contribution >= 4 is 5.95 Å². The van der Waals surface area contributed by atoms with Crippen molar-refractivity contribution in [3.8, 4) is 17.3 Å². The first-order valence-electron chi connectivity index (χ1n) is 6.21. The van der Waals surface area contributed by atoms with Crippen molar-refractivity contribution in [3.63, 3.8) is 0 Å². The number of halogens is 1. The van der Waals surface area contributed by atoms with Crippen LogP contribution in [0.25, 0.3) is 11.3 Å². The van der Waals surface area contributed by atoms with Crippen molar-refractivity contribution in [2.24, 2.45) is 0 Å². The highest BCUT2D eigenvalue weighted by Gasteiger charge is 2.20. The van der Waals surface area contributed by atoms with Gasteiger partial charge in [0.15, 0.2) is 0 Å². The summed E-state index contributed by atoms with van der Waals surface area (Å²) in [5, 5.41) is 12.5. The topological polar surface area (TPSA) is 53.6 Å². The van der Waals surface area contributed by atoms with E-state index in [9.17, 15) is 9.65 Å². The molecule has 5 heteroatoms. The molecule has 2 aromatic rings. The second-order valence-corrected chi connectivity index (χ2v) is 4.64. The highest BCUT2D eigenvalue weighted by Crippen LogP contribution is 2.28. The molecule has 19 heavy (non-hydrogen) atoms. The van der Waals surface area contributed by atoms with Crippen LogP contribution in [0.2, 0.25) is 0 Å². The number of nitriles is 1. The average molecular weight is 256 g/mol. The molecule has 3 rings (SSSR count). The number of benzene rings is 1. The van der Waals surface area contributed by atoms with Gasteiger partial charge in [0.25, 0.3) is 0 Å². The van der Waals surface area contributed by atoms with E-state index >= 15 is 0 Å². The molecule has 0 saturated heterocycles. The number of anilines is 1. The maximum absolute atomic E-state index is 13.3. The van der Waals surface area contributed by atoms with E-state index in [1.807, 2.05) is 4.57 Å². The molecule has 0 atom stereocenters. The van der Waals surface area contributed by atoms with E-state index < -0.39 is 0 Å². The second kappa shape index (κ2) is 4.39. The molecule has 0 spiro atoms. The number of fused-ring (bicyclic) bond motifs is 1. The fourth-order valence-electron chi connectivity index (χ4n) is 2.35. The number of hydrogen-bond donors (Lipinski definition) is 1. The minimum absolute atomic E-state index is 0.246. The lowest BCUT2D eigenvalue weighted by molar-refractivity contribution is 0.618. The van der Waals surface area contributed by atoms with Crippen LogP contribution in [-0.4, -0.2) is 16.1 Å². The number of nitrogens with zero attached hydrogens (tertiary/aromatic N) is 3. The molecule has 1 aromatic carbocycles. The van der Waals surface area contributed by atoms with Crippen LogP contribution in [0.15, 0.2) is 18.2 Å². The molecule has 1 aliphatic heterocycles. The first kappa shape index (κ1) is 11.7. The summed E-state index contributed by atoms with van der Waals surface area (Å²) in [6, 6.07) is 7.01. The summed E-state index contributed by atoms with van der Waals surface area (Å²) in [5.41, 5.74) is 2.49. The standard InChI is InChI=1S/C14H13FN4/c1-9-7-10(3-4-11(9)15)13-12(8-16)19-6-2-5-17-14(19)18-13/h3-4,7H,2,5-6H2,1H3,(H,17,18). The van der Waals surface area contributed by atoms with Crippen molar-refractivity contribution in [1.82, 2.24) is 9.55 Å². The van der Waals surface area contributed by atoms with Gasteiger partial charge >= 0.3 is 0 Å². The number of nitrogens with one attached hydrogen (secondary N) is 1. The van der Waals surface area contributed by atoms with Gasteiger partial charge in [0, 0.05) is 18.7 Å². The minimum Gasteiger partial charge on any atom is -0.356 e. The Balaban J connectivity index is 2.17.